The number of H-pyrrole nitrogens is 1. The second kappa shape index (κ2) is 5.50. The first-order chi connectivity index (χ1) is 8.84. The van der Waals surface area contributed by atoms with Crippen LogP contribution in [-0.2, 0) is 0 Å². The van der Waals surface area contributed by atoms with Crippen LogP contribution in [0.3, 0.4) is 0 Å². The highest BCUT2D eigenvalue weighted by atomic mass is 14.9. The Bertz CT molecular complexity index is 605. The Labute approximate surface area is 108 Å². The van der Waals surface area contributed by atoms with Gasteiger partial charge in [0.15, 0.2) is 0 Å². The predicted molar refractivity (Wildman–Crippen MR) is 77.6 cm³/mol. The Balaban J connectivity index is 0.000000574. The van der Waals surface area contributed by atoms with Crippen molar-refractivity contribution in [1.29, 1.82) is 0 Å². The number of nitrogens with zero attached hydrogens (tertiary/aromatic N) is 1. The number of aromatic amines is 1. The van der Waals surface area contributed by atoms with Gasteiger partial charge in [0.25, 0.3) is 0 Å². The lowest BCUT2D eigenvalue weighted by atomic mass is 10.1. The van der Waals surface area contributed by atoms with Crippen molar-refractivity contribution >= 4 is 11.0 Å². The van der Waals surface area contributed by atoms with Crippen molar-refractivity contribution in [2.75, 3.05) is 0 Å². The molecule has 0 saturated heterocycles. The molecule has 1 heterocycles. The van der Waals surface area contributed by atoms with Crippen LogP contribution in [0, 0.1) is 6.92 Å². The first-order valence-electron chi connectivity index (χ1n) is 6.35. The molecule has 2 aromatic carbocycles. The van der Waals surface area contributed by atoms with E-state index in [2.05, 4.69) is 29.0 Å². The summed E-state index contributed by atoms with van der Waals surface area (Å²) in [6.45, 7) is 6.10. The molecule has 2 nitrogen and oxygen atoms in total. The van der Waals surface area contributed by atoms with E-state index < -0.39 is 0 Å². The van der Waals surface area contributed by atoms with E-state index in [0.717, 1.165) is 16.9 Å². The van der Waals surface area contributed by atoms with E-state index in [1.807, 2.05) is 50.2 Å². The molecule has 3 rings (SSSR count). The summed E-state index contributed by atoms with van der Waals surface area (Å²) in [4.78, 5) is 7.93. The van der Waals surface area contributed by atoms with Crippen LogP contribution in [0.4, 0.5) is 0 Å². The first-order valence-corrected chi connectivity index (χ1v) is 6.35. The number of fused-ring (bicyclic) bond motifs is 1. The fraction of sp³-hybridized carbons (Fsp3) is 0.188. The van der Waals surface area contributed by atoms with Crippen molar-refractivity contribution in [2.45, 2.75) is 20.8 Å². The van der Waals surface area contributed by atoms with E-state index in [1.54, 1.807) is 0 Å². The minimum absolute atomic E-state index is 0.944. The zero-order chi connectivity index (χ0) is 13.0. The van der Waals surface area contributed by atoms with Crippen LogP contribution >= 0.6 is 0 Å². The number of imidazole rings is 1. The number of aryl methyl sites for hydroxylation is 1. The molecule has 1 N–H and O–H groups in total. The third-order valence-corrected chi connectivity index (χ3v) is 2.79. The van der Waals surface area contributed by atoms with Gasteiger partial charge in [-0.05, 0) is 24.6 Å². The van der Waals surface area contributed by atoms with Gasteiger partial charge in [-0.1, -0.05) is 50.2 Å². The van der Waals surface area contributed by atoms with Crippen molar-refractivity contribution in [3.8, 4) is 11.4 Å². The molecular formula is C16H18N2. The molecular weight excluding hydrogens is 220 g/mol. The maximum atomic E-state index is 4.59. The number of hydrogen-bond acceptors (Lipinski definition) is 1. The van der Waals surface area contributed by atoms with Gasteiger partial charge >= 0.3 is 0 Å². The summed E-state index contributed by atoms with van der Waals surface area (Å²) in [7, 11) is 0. The summed E-state index contributed by atoms with van der Waals surface area (Å²) >= 11 is 0. The van der Waals surface area contributed by atoms with Crippen molar-refractivity contribution in [3.63, 3.8) is 0 Å². The average molecular weight is 238 g/mol. The summed E-state index contributed by atoms with van der Waals surface area (Å²) in [6, 6.07) is 16.4. The second-order valence-corrected chi connectivity index (χ2v) is 3.92. The molecule has 0 aliphatic heterocycles. The molecule has 0 atom stereocenters. The zero-order valence-electron chi connectivity index (χ0n) is 11.1. The van der Waals surface area contributed by atoms with Gasteiger partial charge < -0.3 is 4.98 Å². The van der Waals surface area contributed by atoms with Crippen LogP contribution in [0.25, 0.3) is 22.4 Å². The summed E-state index contributed by atoms with van der Waals surface area (Å²) in [5.74, 6) is 0.944. The average Bonchev–Trinajstić information content (AvgIpc) is 2.85. The van der Waals surface area contributed by atoms with Crippen LogP contribution in [0.5, 0.6) is 0 Å². The van der Waals surface area contributed by atoms with Crippen LogP contribution in [-0.4, -0.2) is 9.97 Å². The highest BCUT2D eigenvalue weighted by Gasteiger charge is 2.05. The molecule has 0 amide bonds. The van der Waals surface area contributed by atoms with Gasteiger partial charge in [0.2, 0.25) is 0 Å². The second-order valence-electron chi connectivity index (χ2n) is 3.92. The molecule has 0 aliphatic carbocycles. The molecule has 3 aromatic rings. The lowest BCUT2D eigenvalue weighted by Gasteiger charge is -2.00. The predicted octanol–water partition coefficient (Wildman–Crippen LogP) is 4.56. The lowest BCUT2D eigenvalue weighted by molar-refractivity contribution is 1.31. The molecule has 92 valence electrons. The Hall–Kier alpha value is -2.09. The lowest BCUT2D eigenvalue weighted by Crippen LogP contribution is -1.83. The van der Waals surface area contributed by atoms with E-state index in [0.29, 0.717) is 0 Å². The minimum atomic E-state index is 0.944. The number of benzene rings is 2. The smallest absolute Gasteiger partial charge is 0.138 e. The van der Waals surface area contributed by atoms with Gasteiger partial charge in [-0.3, -0.25) is 0 Å². The third-order valence-electron chi connectivity index (χ3n) is 2.79. The zero-order valence-corrected chi connectivity index (χ0v) is 11.1. The molecule has 0 unspecified atom stereocenters. The number of nitrogens with one attached hydrogen (secondary N) is 1. The summed E-state index contributed by atoms with van der Waals surface area (Å²) in [5, 5.41) is 0. The van der Waals surface area contributed by atoms with E-state index in [1.165, 1.54) is 11.1 Å². The van der Waals surface area contributed by atoms with Gasteiger partial charge in [-0.15, -0.1) is 0 Å². The Kier molecular flexibility index (Phi) is 3.78. The number of rotatable bonds is 1. The molecule has 0 saturated carbocycles. The van der Waals surface area contributed by atoms with Gasteiger partial charge in [0.1, 0.15) is 5.82 Å². The van der Waals surface area contributed by atoms with Crippen molar-refractivity contribution in [2.24, 2.45) is 0 Å². The van der Waals surface area contributed by atoms with Crippen LogP contribution in [0.2, 0.25) is 0 Å². The van der Waals surface area contributed by atoms with Crippen molar-refractivity contribution < 1.29 is 0 Å². The molecule has 0 spiro atoms. The fourth-order valence-corrected chi connectivity index (χ4v) is 1.92. The van der Waals surface area contributed by atoms with Gasteiger partial charge in [-0.25, -0.2) is 4.98 Å². The Morgan fingerprint density at radius 2 is 1.56 bits per heavy atom. The SMILES string of the molecule is CC.Cc1ccccc1-c1nc2ccccc2[nH]1. The van der Waals surface area contributed by atoms with E-state index in [-0.39, 0.29) is 0 Å². The molecule has 1 aromatic heterocycles. The molecule has 0 bridgehead atoms. The first kappa shape index (κ1) is 12.4. The summed E-state index contributed by atoms with van der Waals surface area (Å²) in [6.07, 6.45) is 0. The number of para-hydroxylation sites is 2. The van der Waals surface area contributed by atoms with Gasteiger partial charge in [0.05, 0.1) is 11.0 Å². The number of hydrogen-bond donors (Lipinski definition) is 1. The quantitative estimate of drug-likeness (QED) is 0.661. The van der Waals surface area contributed by atoms with Crippen LogP contribution in [0.1, 0.15) is 19.4 Å². The van der Waals surface area contributed by atoms with Crippen molar-refractivity contribution in [3.05, 3.63) is 54.1 Å². The molecule has 2 heteroatoms. The summed E-state index contributed by atoms with van der Waals surface area (Å²) in [5.41, 5.74) is 4.50. The monoisotopic (exact) mass is 238 g/mol. The van der Waals surface area contributed by atoms with E-state index >= 15 is 0 Å². The highest BCUT2D eigenvalue weighted by Crippen LogP contribution is 2.22. The third kappa shape index (κ3) is 2.28. The minimum Gasteiger partial charge on any atom is -0.338 e. The normalized spacial score (nSPS) is 9.94. The fourth-order valence-electron chi connectivity index (χ4n) is 1.92. The number of aromatic nitrogens is 2. The Morgan fingerprint density at radius 1 is 0.889 bits per heavy atom. The Morgan fingerprint density at radius 3 is 2.28 bits per heavy atom. The molecule has 0 fully saturated rings. The van der Waals surface area contributed by atoms with Gasteiger partial charge in [0, 0.05) is 5.56 Å². The van der Waals surface area contributed by atoms with Crippen LogP contribution in [0.15, 0.2) is 48.5 Å². The maximum absolute atomic E-state index is 4.59. The van der Waals surface area contributed by atoms with E-state index in [9.17, 15) is 0 Å². The topological polar surface area (TPSA) is 28.7 Å². The van der Waals surface area contributed by atoms with Gasteiger partial charge in [-0.2, -0.15) is 0 Å². The van der Waals surface area contributed by atoms with Crippen molar-refractivity contribution in [1.82, 2.24) is 9.97 Å². The van der Waals surface area contributed by atoms with E-state index in [4.69, 9.17) is 0 Å². The largest absolute Gasteiger partial charge is 0.338 e. The van der Waals surface area contributed by atoms with Crippen LogP contribution < -0.4 is 0 Å². The summed E-state index contributed by atoms with van der Waals surface area (Å²) < 4.78 is 0. The molecule has 0 aliphatic rings. The maximum Gasteiger partial charge on any atom is 0.138 e. The molecule has 0 radical (unpaired) electrons. The standard InChI is InChI=1S/C14H12N2.C2H6/c1-10-6-2-3-7-11(10)14-15-12-8-4-5-9-13(12)16-14;1-2/h2-9H,1H3,(H,15,16);1-2H3. The molecule has 18 heavy (non-hydrogen) atoms. The highest BCUT2D eigenvalue weighted by molar-refractivity contribution is 5.79.